The lowest BCUT2D eigenvalue weighted by Crippen LogP contribution is -2.39. The average Bonchev–Trinajstić information content (AvgIpc) is 2.99. The number of fused-ring (bicyclic) bond motifs is 2. The molecule has 1 amide bonds. The van der Waals surface area contributed by atoms with Crippen LogP contribution in [0.4, 0.5) is 5.69 Å². The van der Waals surface area contributed by atoms with Crippen LogP contribution in [0.2, 0.25) is 0 Å². The zero-order valence-corrected chi connectivity index (χ0v) is 20.9. The number of nitrogen functional groups attached to an aromatic ring is 1. The van der Waals surface area contributed by atoms with Crippen LogP contribution < -0.4 is 19.9 Å². The van der Waals surface area contributed by atoms with Gasteiger partial charge in [-0.25, -0.2) is 0 Å². The fraction of sp³-hybridized carbons (Fsp3) is 0.519. The van der Waals surface area contributed by atoms with Crippen LogP contribution in [0.3, 0.4) is 0 Å². The summed E-state index contributed by atoms with van der Waals surface area (Å²) in [4.78, 5) is 17.4. The predicted molar refractivity (Wildman–Crippen MR) is 134 cm³/mol. The molecule has 4 rings (SSSR count). The number of nitrogens with two attached hydrogens (primary N) is 1. The third-order valence-electron chi connectivity index (χ3n) is 7.37. The summed E-state index contributed by atoms with van der Waals surface area (Å²) in [5.74, 6) is 2.43. The van der Waals surface area contributed by atoms with Crippen molar-refractivity contribution in [3.8, 4) is 17.2 Å². The van der Waals surface area contributed by atoms with Gasteiger partial charge in [0, 0.05) is 19.1 Å². The minimum absolute atomic E-state index is 0.181. The molecule has 0 aromatic heterocycles. The Morgan fingerprint density at radius 2 is 1.59 bits per heavy atom. The molecular weight excluding hydrogens is 430 g/mol. The standard InChI is InChI=1S/C27H37N3O4/c1-29(22-7-6-18-14-25(33-3)26(34-4)16-20(18)12-22)9-5-10-30-11-8-19-13-23(28)24(32-2)15-21(19)17-27(30)31/h13-16,22H,5-12,17,28H2,1-4H3. The van der Waals surface area contributed by atoms with Crippen LogP contribution in [-0.2, 0) is 30.5 Å². The van der Waals surface area contributed by atoms with E-state index >= 15 is 0 Å². The number of methoxy groups -OCH3 is 3. The van der Waals surface area contributed by atoms with E-state index in [4.69, 9.17) is 19.9 Å². The zero-order chi connectivity index (χ0) is 24.2. The third-order valence-corrected chi connectivity index (χ3v) is 7.37. The van der Waals surface area contributed by atoms with Crippen LogP contribution in [0.25, 0.3) is 0 Å². The number of rotatable bonds is 8. The number of hydrogen-bond acceptors (Lipinski definition) is 6. The van der Waals surface area contributed by atoms with Gasteiger partial charge in [0.2, 0.25) is 5.91 Å². The first-order chi connectivity index (χ1) is 16.4. The van der Waals surface area contributed by atoms with Gasteiger partial charge >= 0.3 is 0 Å². The first-order valence-corrected chi connectivity index (χ1v) is 12.1. The van der Waals surface area contributed by atoms with E-state index in [1.165, 1.54) is 11.1 Å². The van der Waals surface area contributed by atoms with Gasteiger partial charge in [-0.05, 0) is 92.2 Å². The van der Waals surface area contributed by atoms with Gasteiger partial charge in [-0.1, -0.05) is 0 Å². The molecule has 0 radical (unpaired) electrons. The number of amides is 1. The van der Waals surface area contributed by atoms with Crippen LogP contribution in [0.5, 0.6) is 17.2 Å². The smallest absolute Gasteiger partial charge is 0.227 e. The number of nitrogens with zero attached hydrogens (tertiary/aromatic N) is 2. The van der Waals surface area contributed by atoms with E-state index in [-0.39, 0.29) is 5.91 Å². The molecular formula is C27H37N3O4. The summed E-state index contributed by atoms with van der Waals surface area (Å²) < 4.78 is 16.3. The van der Waals surface area contributed by atoms with E-state index in [9.17, 15) is 4.79 Å². The summed E-state index contributed by atoms with van der Waals surface area (Å²) >= 11 is 0. The molecule has 7 nitrogen and oxygen atoms in total. The van der Waals surface area contributed by atoms with Gasteiger partial charge in [0.15, 0.2) is 11.5 Å². The number of benzene rings is 2. The Bertz CT molecular complexity index is 1040. The van der Waals surface area contributed by atoms with Gasteiger partial charge in [0.1, 0.15) is 5.75 Å². The molecule has 0 bridgehead atoms. The molecule has 34 heavy (non-hydrogen) atoms. The third kappa shape index (κ3) is 5.09. The van der Waals surface area contributed by atoms with Crippen LogP contribution in [0.1, 0.15) is 35.1 Å². The first-order valence-electron chi connectivity index (χ1n) is 12.1. The second-order valence-electron chi connectivity index (χ2n) is 9.38. The molecule has 0 saturated carbocycles. The van der Waals surface area contributed by atoms with Crippen LogP contribution in [0, 0.1) is 0 Å². The highest BCUT2D eigenvalue weighted by Crippen LogP contribution is 2.35. The van der Waals surface area contributed by atoms with Crippen molar-refractivity contribution >= 4 is 11.6 Å². The van der Waals surface area contributed by atoms with E-state index in [0.29, 0.717) is 23.9 Å². The van der Waals surface area contributed by atoms with Crippen LogP contribution in [0.15, 0.2) is 24.3 Å². The van der Waals surface area contributed by atoms with E-state index in [0.717, 1.165) is 74.4 Å². The van der Waals surface area contributed by atoms with Crippen molar-refractivity contribution in [1.82, 2.24) is 9.80 Å². The summed E-state index contributed by atoms with van der Waals surface area (Å²) in [5.41, 5.74) is 11.6. The molecule has 7 heteroatoms. The van der Waals surface area contributed by atoms with Crippen molar-refractivity contribution in [2.45, 2.75) is 44.6 Å². The number of hydrogen-bond donors (Lipinski definition) is 1. The molecule has 1 atom stereocenters. The number of aryl methyl sites for hydroxylation is 1. The van der Waals surface area contributed by atoms with Gasteiger partial charge in [-0.3, -0.25) is 4.79 Å². The SMILES string of the molecule is COc1cc2c(cc1N)CCN(CCCN(C)C1CCc3cc(OC)c(OC)cc3C1)C(=O)C2. The molecule has 1 aliphatic carbocycles. The number of carbonyl (C=O) groups is 1. The van der Waals surface area contributed by atoms with E-state index < -0.39 is 0 Å². The van der Waals surface area contributed by atoms with E-state index in [1.807, 2.05) is 17.0 Å². The molecule has 1 aliphatic heterocycles. The topological polar surface area (TPSA) is 77.3 Å². The number of likely N-dealkylation sites (N-methyl/N-ethyl adjacent to an activating group) is 1. The Kier molecular flexibility index (Phi) is 7.51. The van der Waals surface area contributed by atoms with Gasteiger partial charge in [0.25, 0.3) is 0 Å². The highest BCUT2D eigenvalue weighted by Gasteiger charge is 2.25. The molecule has 1 heterocycles. The van der Waals surface area contributed by atoms with E-state index in [1.54, 1.807) is 21.3 Å². The lowest BCUT2D eigenvalue weighted by Gasteiger charge is -2.33. The van der Waals surface area contributed by atoms with Crippen molar-refractivity contribution < 1.29 is 19.0 Å². The van der Waals surface area contributed by atoms with Crippen molar-refractivity contribution in [2.75, 3.05) is 53.7 Å². The lowest BCUT2D eigenvalue weighted by atomic mass is 9.87. The summed E-state index contributed by atoms with van der Waals surface area (Å²) in [6.45, 7) is 2.47. The van der Waals surface area contributed by atoms with Gasteiger partial charge in [-0.2, -0.15) is 0 Å². The molecule has 2 aromatic rings. The van der Waals surface area contributed by atoms with E-state index in [2.05, 4.69) is 24.1 Å². The number of carbonyl (C=O) groups excluding carboxylic acids is 1. The molecule has 2 N–H and O–H groups in total. The van der Waals surface area contributed by atoms with Crippen molar-refractivity contribution in [2.24, 2.45) is 0 Å². The largest absolute Gasteiger partial charge is 0.495 e. The fourth-order valence-corrected chi connectivity index (χ4v) is 5.28. The quantitative estimate of drug-likeness (QED) is 0.601. The molecule has 0 spiro atoms. The Morgan fingerprint density at radius 1 is 0.941 bits per heavy atom. The van der Waals surface area contributed by atoms with Crippen molar-refractivity contribution in [3.63, 3.8) is 0 Å². The molecule has 1 unspecified atom stereocenters. The van der Waals surface area contributed by atoms with Crippen molar-refractivity contribution in [1.29, 1.82) is 0 Å². The number of ether oxygens (including phenoxy) is 3. The van der Waals surface area contributed by atoms with Crippen molar-refractivity contribution in [3.05, 3.63) is 46.5 Å². The summed E-state index contributed by atoms with van der Waals surface area (Å²) in [6, 6.07) is 8.63. The average molecular weight is 468 g/mol. The minimum atomic E-state index is 0.181. The first kappa shape index (κ1) is 24.2. The normalized spacial score (nSPS) is 17.7. The van der Waals surface area contributed by atoms with Gasteiger partial charge in [0.05, 0.1) is 33.4 Å². The second-order valence-corrected chi connectivity index (χ2v) is 9.38. The monoisotopic (exact) mass is 467 g/mol. The molecule has 0 saturated heterocycles. The Morgan fingerprint density at radius 3 is 2.29 bits per heavy atom. The predicted octanol–water partition coefficient (Wildman–Crippen LogP) is 3.10. The molecule has 184 valence electrons. The molecule has 2 aromatic carbocycles. The Hall–Kier alpha value is -2.93. The van der Waals surface area contributed by atoms with Crippen LogP contribution >= 0.6 is 0 Å². The summed E-state index contributed by atoms with van der Waals surface area (Å²) in [5, 5.41) is 0. The fourth-order valence-electron chi connectivity index (χ4n) is 5.28. The molecule has 0 fully saturated rings. The zero-order valence-electron chi connectivity index (χ0n) is 20.9. The maximum absolute atomic E-state index is 12.9. The maximum Gasteiger partial charge on any atom is 0.227 e. The second kappa shape index (κ2) is 10.6. The number of anilines is 1. The highest BCUT2D eigenvalue weighted by molar-refractivity contribution is 5.80. The van der Waals surface area contributed by atoms with Gasteiger partial charge < -0.3 is 29.7 Å². The summed E-state index contributed by atoms with van der Waals surface area (Å²) in [7, 11) is 7.18. The Balaban J connectivity index is 1.31. The van der Waals surface area contributed by atoms with Crippen LogP contribution in [-0.4, -0.2) is 69.8 Å². The minimum Gasteiger partial charge on any atom is -0.495 e. The maximum atomic E-state index is 12.9. The summed E-state index contributed by atoms with van der Waals surface area (Å²) in [6.07, 6.45) is 5.37. The Labute approximate surface area is 202 Å². The van der Waals surface area contributed by atoms with Gasteiger partial charge in [-0.15, -0.1) is 0 Å². The molecule has 2 aliphatic rings. The lowest BCUT2D eigenvalue weighted by molar-refractivity contribution is -0.130. The highest BCUT2D eigenvalue weighted by atomic mass is 16.5.